The van der Waals surface area contributed by atoms with Crippen LogP contribution in [0.15, 0.2) is 60.7 Å². The second kappa shape index (κ2) is 5.77. The van der Waals surface area contributed by atoms with E-state index in [9.17, 15) is 9.59 Å². The van der Waals surface area contributed by atoms with Gasteiger partial charge in [0, 0.05) is 11.1 Å². The number of hydrogen-bond acceptors (Lipinski definition) is 3. The van der Waals surface area contributed by atoms with Crippen LogP contribution in [0.25, 0.3) is 10.9 Å². The van der Waals surface area contributed by atoms with Crippen LogP contribution in [0.5, 0.6) is 0 Å². The van der Waals surface area contributed by atoms with Crippen molar-refractivity contribution in [3.63, 3.8) is 0 Å². The first-order chi connectivity index (χ1) is 10.6. The number of aryl methyl sites for hydroxylation is 1. The lowest BCUT2D eigenvalue weighted by Gasteiger charge is -1.95. The molecule has 1 aliphatic rings. The number of fused-ring (bicyclic) bond motifs is 2. The molecule has 0 saturated heterocycles. The van der Waals surface area contributed by atoms with Gasteiger partial charge < -0.3 is 0 Å². The summed E-state index contributed by atoms with van der Waals surface area (Å²) >= 11 is 0. The number of amides is 2. The molecule has 3 aromatic rings. The largest absolute Gasteiger partial charge is 0.288 e. The number of benzene rings is 2. The molecule has 0 radical (unpaired) electrons. The highest BCUT2D eigenvalue weighted by Crippen LogP contribution is 2.13. The predicted octanol–water partition coefficient (Wildman–Crippen LogP) is 3.11. The quantitative estimate of drug-likeness (QED) is 0.647. The van der Waals surface area contributed by atoms with Crippen molar-refractivity contribution in [2.24, 2.45) is 0 Å². The van der Waals surface area contributed by atoms with Crippen LogP contribution < -0.4 is 5.32 Å². The summed E-state index contributed by atoms with van der Waals surface area (Å²) in [6.07, 6.45) is 0. The van der Waals surface area contributed by atoms with Gasteiger partial charge in [-0.3, -0.25) is 19.9 Å². The van der Waals surface area contributed by atoms with Crippen LogP contribution in [-0.4, -0.2) is 16.8 Å². The lowest BCUT2D eigenvalue weighted by atomic mass is 10.1. The fourth-order valence-electron chi connectivity index (χ4n) is 2.28. The summed E-state index contributed by atoms with van der Waals surface area (Å²) in [7, 11) is 0. The van der Waals surface area contributed by atoms with Crippen molar-refractivity contribution in [1.82, 2.24) is 10.3 Å². The number of imide groups is 1. The van der Waals surface area contributed by atoms with Crippen LogP contribution in [0.3, 0.4) is 0 Å². The molecule has 4 rings (SSSR count). The molecule has 22 heavy (non-hydrogen) atoms. The Labute approximate surface area is 127 Å². The minimum Gasteiger partial charge on any atom is -0.288 e. The number of aromatic nitrogens is 1. The Morgan fingerprint density at radius 2 is 1.36 bits per heavy atom. The Kier molecular flexibility index (Phi) is 3.66. The van der Waals surface area contributed by atoms with Gasteiger partial charge in [0.1, 0.15) is 0 Å². The second-order valence-corrected chi connectivity index (χ2v) is 4.97. The van der Waals surface area contributed by atoms with Crippen LogP contribution >= 0.6 is 0 Å². The van der Waals surface area contributed by atoms with Gasteiger partial charge >= 0.3 is 0 Å². The van der Waals surface area contributed by atoms with Crippen molar-refractivity contribution in [1.29, 1.82) is 0 Å². The molecule has 108 valence electrons. The first-order valence-corrected chi connectivity index (χ1v) is 6.92. The molecule has 0 spiro atoms. The van der Waals surface area contributed by atoms with Gasteiger partial charge in [0.05, 0.1) is 16.6 Å². The van der Waals surface area contributed by atoms with E-state index in [-0.39, 0.29) is 11.8 Å². The maximum absolute atomic E-state index is 10.9. The summed E-state index contributed by atoms with van der Waals surface area (Å²) in [5.41, 5.74) is 3.09. The third-order valence-electron chi connectivity index (χ3n) is 3.38. The summed E-state index contributed by atoms with van der Waals surface area (Å²) in [4.78, 5) is 26.3. The van der Waals surface area contributed by atoms with Crippen molar-refractivity contribution in [3.8, 4) is 0 Å². The fourth-order valence-corrected chi connectivity index (χ4v) is 2.28. The van der Waals surface area contributed by atoms with Gasteiger partial charge in [0.2, 0.25) is 0 Å². The topological polar surface area (TPSA) is 59.1 Å². The summed E-state index contributed by atoms with van der Waals surface area (Å²) in [5, 5.41) is 3.41. The van der Waals surface area contributed by atoms with Crippen molar-refractivity contribution >= 4 is 22.7 Å². The molecule has 1 N–H and O–H groups in total. The van der Waals surface area contributed by atoms with Crippen molar-refractivity contribution in [2.45, 2.75) is 6.92 Å². The Bertz CT molecular complexity index is 839. The van der Waals surface area contributed by atoms with Gasteiger partial charge in [-0.2, -0.15) is 0 Å². The SMILES string of the molecule is Cc1ccc2ccccc2n1.O=C1NC(=O)c2ccccc21. The van der Waals surface area contributed by atoms with Gasteiger partial charge in [0.25, 0.3) is 11.8 Å². The molecule has 4 heteroatoms. The molecule has 4 nitrogen and oxygen atoms in total. The number of nitrogens with zero attached hydrogens (tertiary/aromatic N) is 1. The molecule has 2 aromatic carbocycles. The normalized spacial score (nSPS) is 12.4. The number of para-hydroxylation sites is 1. The molecule has 0 saturated carbocycles. The van der Waals surface area contributed by atoms with Gasteiger partial charge in [-0.05, 0) is 31.2 Å². The lowest BCUT2D eigenvalue weighted by Crippen LogP contribution is -2.19. The summed E-state index contributed by atoms with van der Waals surface area (Å²) < 4.78 is 0. The Morgan fingerprint density at radius 1 is 0.773 bits per heavy atom. The molecule has 1 aromatic heterocycles. The van der Waals surface area contributed by atoms with Gasteiger partial charge in [0.15, 0.2) is 0 Å². The third kappa shape index (κ3) is 2.72. The van der Waals surface area contributed by atoms with Crippen molar-refractivity contribution < 1.29 is 9.59 Å². The van der Waals surface area contributed by atoms with Gasteiger partial charge in [-0.1, -0.05) is 36.4 Å². The van der Waals surface area contributed by atoms with E-state index in [4.69, 9.17) is 0 Å². The third-order valence-corrected chi connectivity index (χ3v) is 3.38. The van der Waals surface area contributed by atoms with E-state index in [1.165, 1.54) is 5.39 Å². The van der Waals surface area contributed by atoms with E-state index in [2.05, 4.69) is 22.4 Å². The molecule has 2 heterocycles. The number of carbonyl (C=O) groups excluding carboxylic acids is 2. The average molecular weight is 290 g/mol. The highest BCUT2D eigenvalue weighted by atomic mass is 16.2. The number of hydrogen-bond donors (Lipinski definition) is 1. The summed E-state index contributed by atoms with van der Waals surface area (Å²) in [5.74, 6) is -0.601. The Hall–Kier alpha value is -3.01. The molecular formula is C18H14N2O2. The van der Waals surface area contributed by atoms with E-state index in [0.717, 1.165) is 11.2 Å². The predicted molar refractivity (Wildman–Crippen MR) is 84.7 cm³/mol. The van der Waals surface area contributed by atoms with Gasteiger partial charge in [-0.15, -0.1) is 0 Å². The van der Waals surface area contributed by atoms with E-state index >= 15 is 0 Å². The molecule has 0 aliphatic carbocycles. The maximum atomic E-state index is 10.9. The molecule has 2 amide bonds. The fraction of sp³-hybridized carbons (Fsp3) is 0.0556. The zero-order valence-corrected chi connectivity index (χ0v) is 12.0. The zero-order valence-electron chi connectivity index (χ0n) is 12.0. The van der Waals surface area contributed by atoms with Crippen molar-refractivity contribution in [3.05, 3.63) is 77.5 Å². The Balaban J connectivity index is 0.000000131. The molecular weight excluding hydrogens is 276 g/mol. The number of pyridine rings is 1. The first-order valence-electron chi connectivity index (χ1n) is 6.92. The number of rotatable bonds is 0. The minimum atomic E-state index is -0.300. The monoisotopic (exact) mass is 290 g/mol. The number of nitrogens with one attached hydrogen (secondary N) is 1. The van der Waals surface area contributed by atoms with E-state index in [1.807, 2.05) is 31.2 Å². The summed E-state index contributed by atoms with van der Waals surface area (Å²) in [6.45, 7) is 2.01. The van der Waals surface area contributed by atoms with E-state index < -0.39 is 0 Å². The van der Waals surface area contributed by atoms with Crippen LogP contribution in [-0.2, 0) is 0 Å². The minimum absolute atomic E-state index is 0.300. The molecule has 0 fully saturated rings. The molecule has 0 atom stereocenters. The smallest absolute Gasteiger partial charge is 0.258 e. The van der Waals surface area contributed by atoms with E-state index in [0.29, 0.717) is 11.1 Å². The van der Waals surface area contributed by atoms with Crippen LogP contribution in [0, 0.1) is 6.92 Å². The molecule has 0 unspecified atom stereocenters. The van der Waals surface area contributed by atoms with Gasteiger partial charge in [-0.25, -0.2) is 0 Å². The Morgan fingerprint density at radius 3 is 2.05 bits per heavy atom. The summed E-state index contributed by atoms with van der Waals surface area (Å²) in [6, 6.07) is 19.0. The highest BCUT2D eigenvalue weighted by Gasteiger charge is 2.25. The highest BCUT2D eigenvalue weighted by molar-refractivity contribution is 6.21. The maximum Gasteiger partial charge on any atom is 0.258 e. The van der Waals surface area contributed by atoms with Crippen LogP contribution in [0.4, 0.5) is 0 Å². The zero-order chi connectivity index (χ0) is 15.5. The number of carbonyl (C=O) groups is 2. The van der Waals surface area contributed by atoms with Crippen LogP contribution in [0.1, 0.15) is 26.4 Å². The first kappa shape index (κ1) is 13.9. The van der Waals surface area contributed by atoms with Crippen molar-refractivity contribution in [2.75, 3.05) is 0 Å². The lowest BCUT2D eigenvalue weighted by molar-refractivity contribution is 0.0879. The average Bonchev–Trinajstić information content (AvgIpc) is 2.83. The molecule has 0 bridgehead atoms. The second-order valence-electron chi connectivity index (χ2n) is 4.97. The standard InChI is InChI=1S/C10H9N.C8H5NO2/c1-8-6-7-9-4-2-3-5-10(9)11-8;10-7-5-3-1-2-4-6(5)8(11)9-7/h2-7H,1H3;1-4H,(H,9,10,11). The molecule has 1 aliphatic heterocycles. The van der Waals surface area contributed by atoms with Crippen LogP contribution in [0.2, 0.25) is 0 Å². The van der Waals surface area contributed by atoms with E-state index in [1.54, 1.807) is 24.3 Å².